The smallest absolute Gasteiger partial charge is 0.223 e. The van der Waals surface area contributed by atoms with Crippen LogP contribution in [0.2, 0.25) is 0 Å². The molecule has 6 heteroatoms. The van der Waals surface area contributed by atoms with Crippen LogP contribution in [0.25, 0.3) is 11.4 Å². The number of nitrogens with zero attached hydrogens (tertiary/aromatic N) is 4. The highest BCUT2D eigenvalue weighted by atomic mass is 16.5. The van der Waals surface area contributed by atoms with Gasteiger partial charge in [0.1, 0.15) is 12.1 Å². The standard InChI is InChI=1S/C7H7N5O/c1-4-11-7(12-13-4)5-2-9-3-10-6(5)8/h2-3H,1H3,(H2,8,9,10). The Bertz CT molecular complexity index is 424. The fourth-order valence-corrected chi connectivity index (χ4v) is 0.920. The van der Waals surface area contributed by atoms with Gasteiger partial charge in [0.25, 0.3) is 0 Å². The molecule has 0 saturated heterocycles. The third-order valence-electron chi connectivity index (χ3n) is 1.51. The van der Waals surface area contributed by atoms with Gasteiger partial charge in [-0.2, -0.15) is 4.98 Å². The zero-order chi connectivity index (χ0) is 9.26. The largest absolute Gasteiger partial charge is 0.383 e. The molecule has 2 aromatic rings. The Labute approximate surface area is 73.8 Å². The van der Waals surface area contributed by atoms with Crippen molar-refractivity contribution in [3.8, 4) is 11.4 Å². The molecule has 2 aromatic heterocycles. The SMILES string of the molecule is Cc1nc(-c2cncnc2N)no1. The lowest BCUT2D eigenvalue weighted by atomic mass is 10.3. The summed E-state index contributed by atoms with van der Waals surface area (Å²) in [5.74, 6) is 1.24. The van der Waals surface area contributed by atoms with Crippen LogP contribution in [0.5, 0.6) is 0 Å². The van der Waals surface area contributed by atoms with Crippen molar-refractivity contribution >= 4 is 5.82 Å². The van der Waals surface area contributed by atoms with Gasteiger partial charge < -0.3 is 10.3 Å². The molecule has 0 spiro atoms. The summed E-state index contributed by atoms with van der Waals surface area (Å²) in [6, 6.07) is 0. The molecule has 0 aliphatic heterocycles. The fourth-order valence-electron chi connectivity index (χ4n) is 0.920. The van der Waals surface area contributed by atoms with Crippen LogP contribution in [-0.2, 0) is 0 Å². The number of hydrogen-bond donors (Lipinski definition) is 1. The first-order valence-electron chi connectivity index (χ1n) is 3.63. The highest BCUT2D eigenvalue weighted by Gasteiger charge is 2.09. The van der Waals surface area contributed by atoms with Crippen molar-refractivity contribution in [2.75, 3.05) is 5.73 Å². The van der Waals surface area contributed by atoms with Crippen molar-refractivity contribution in [2.45, 2.75) is 6.92 Å². The predicted molar refractivity (Wildman–Crippen MR) is 44.5 cm³/mol. The molecular weight excluding hydrogens is 170 g/mol. The first-order valence-corrected chi connectivity index (χ1v) is 3.63. The summed E-state index contributed by atoms with van der Waals surface area (Å²) in [6.07, 6.45) is 2.92. The van der Waals surface area contributed by atoms with E-state index in [9.17, 15) is 0 Å². The van der Waals surface area contributed by atoms with Crippen LogP contribution in [0.15, 0.2) is 17.0 Å². The van der Waals surface area contributed by atoms with Gasteiger partial charge in [-0.25, -0.2) is 9.97 Å². The maximum atomic E-state index is 5.59. The topological polar surface area (TPSA) is 90.7 Å². The van der Waals surface area contributed by atoms with Gasteiger partial charge in [-0.15, -0.1) is 0 Å². The van der Waals surface area contributed by atoms with Crippen molar-refractivity contribution < 1.29 is 4.52 Å². The second-order valence-electron chi connectivity index (χ2n) is 2.46. The van der Waals surface area contributed by atoms with E-state index in [-0.39, 0.29) is 0 Å². The lowest BCUT2D eigenvalue weighted by Crippen LogP contribution is -1.95. The van der Waals surface area contributed by atoms with E-state index in [0.29, 0.717) is 23.1 Å². The summed E-state index contributed by atoms with van der Waals surface area (Å²) >= 11 is 0. The first-order chi connectivity index (χ1) is 6.27. The van der Waals surface area contributed by atoms with Crippen molar-refractivity contribution in [1.29, 1.82) is 0 Å². The molecule has 0 fully saturated rings. The van der Waals surface area contributed by atoms with Crippen molar-refractivity contribution in [2.24, 2.45) is 0 Å². The Kier molecular flexibility index (Phi) is 1.66. The first kappa shape index (κ1) is 7.66. The van der Waals surface area contributed by atoms with E-state index in [4.69, 9.17) is 10.3 Å². The van der Waals surface area contributed by atoms with E-state index < -0.39 is 0 Å². The van der Waals surface area contributed by atoms with E-state index in [1.54, 1.807) is 13.1 Å². The normalized spacial score (nSPS) is 10.2. The summed E-state index contributed by atoms with van der Waals surface area (Å²) in [5.41, 5.74) is 6.17. The highest BCUT2D eigenvalue weighted by molar-refractivity contribution is 5.65. The number of nitrogen functional groups attached to an aromatic ring is 1. The van der Waals surface area contributed by atoms with Gasteiger partial charge >= 0.3 is 0 Å². The maximum Gasteiger partial charge on any atom is 0.223 e. The number of rotatable bonds is 1. The third-order valence-corrected chi connectivity index (χ3v) is 1.51. The van der Waals surface area contributed by atoms with Crippen LogP contribution < -0.4 is 5.73 Å². The minimum Gasteiger partial charge on any atom is -0.383 e. The summed E-state index contributed by atoms with van der Waals surface area (Å²) < 4.78 is 4.80. The highest BCUT2D eigenvalue weighted by Crippen LogP contribution is 2.18. The minimum absolute atomic E-state index is 0.343. The Morgan fingerprint density at radius 3 is 2.92 bits per heavy atom. The average molecular weight is 177 g/mol. The molecule has 13 heavy (non-hydrogen) atoms. The summed E-state index contributed by atoms with van der Waals surface area (Å²) in [5, 5.41) is 3.70. The molecule has 0 aliphatic rings. The lowest BCUT2D eigenvalue weighted by Gasteiger charge is -1.95. The molecule has 2 rings (SSSR count). The summed E-state index contributed by atoms with van der Waals surface area (Å²) in [6.45, 7) is 1.70. The van der Waals surface area contributed by atoms with E-state index in [1.165, 1.54) is 6.33 Å². The minimum atomic E-state index is 0.343. The Morgan fingerprint density at radius 1 is 1.46 bits per heavy atom. The number of nitrogens with two attached hydrogens (primary N) is 1. The molecule has 0 aromatic carbocycles. The van der Waals surface area contributed by atoms with Crippen LogP contribution in [-0.4, -0.2) is 20.1 Å². The zero-order valence-corrected chi connectivity index (χ0v) is 6.93. The number of hydrogen-bond acceptors (Lipinski definition) is 6. The molecule has 0 bridgehead atoms. The molecule has 2 N–H and O–H groups in total. The van der Waals surface area contributed by atoms with Crippen LogP contribution in [0, 0.1) is 6.92 Å². The predicted octanol–water partition coefficient (Wildman–Crippen LogP) is 0.417. The van der Waals surface area contributed by atoms with Crippen LogP contribution in [0.3, 0.4) is 0 Å². The quantitative estimate of drug-likeness (QED) is 0.678. The molecule has 0 aliphatic carbocycles. The van der Waals surface area contributed by atoms with Crippen molar-refractivity contribution in [3.63, 3.8) is 0 Å². The molecule has 6 nitrogen and oxygen atoms in total. The molecule has 66 valence electrons. The molecule has 2 heterocycles. The zero-order valence-electron chi connectivity index (χ0n) is 6.93. The maximum absolute atomic E-state index is 5.59. The number of aromatic nitrogens is 4. The van der Waals surface area contributed by atoms with Gasteiger partial charge in [-0.05, 0) is 0 Å². The van der Waals surface area contributed by atoms with Gasteiger partial charge in [0.05, 0.1) is 5.56 Å². The van der Waals surface area contributed by atoms with Gasteiger partial charge in [-0.1, -0.05) is 5.16 Å². The summed E-state index contributed by atoms with van der Waals surface area (Å²) in [4.78, 5) is 11.6. The Morgan fingerprint density at radius 2 is 2.31 bits per heavy atom. The third kappa shape index (κ3) is 1.33. The van der Waals surface area contributed by atoms with Crippen molar-refractivity contribution in [1.82, 2.24) is 20.1 Å². The number of anilines is 1. The van der Waals surface area contributed by atoms with Crippen molar-refractivity contribution in [3.05, 3.63) is 18.4 Å². The van der Waals surface area contributed by atoms with E-state index in [0.717, 1.165) is 0 Å². The van der Waals surface area contributed by atoms with Crippen LogP contribution in [0.1, 0.15) is 5.89 Å². The Balaban J connectivity index is 2.52. The molecule has 0 saturated carbocycles. The average Bonchev–Trinajstić information content (AvgIpc) is 2.53. The lowest BCUT2D eigenvalue weighted by molar-refractivity contribution is 0.394. The molecule has 0 amide bonds. The molecule has 0 radical (unpaired) electrons. The molecular formula is C7H7N5O. The van der Waals surface area contributed by atoms with Gasteiger partial charge in [0, 0.05) is 13.1 Å². The van der Waals surface area contributed by atoms with Crippen LogP contribution >= 0.6 is 0 Å². The van der Waals surface area contributed by atoms with E-state index in [1.807, 2.05) is 0 Å². The van der Waals surface area contributed by atoms with Gasteiger partial charge in [-0.3, -0.25) is 0 Å². The molecule has 0 atom stereocenters. The van der Waals surface area contributed by atoms with Gasteiger partial charge in [0.2, 0.25) is 11.7 Å². The van der Waals surface area contributed by atoms with Crippen LogP contribution in [0.4, 0.5) is 5.82 Å². The van der Waals surface area contributed by atoms with E-state index in [2.05, 4.69) is 20.1 Å². The monoisotopic (exact) mass is 177 g/mol. The second-order valence-corrected chi connectivity index (χ2v) is 2.46. The number of aryl methyl sites for hydroxylation is 1. The molecule has 0 unspecified atom stereocenters. The van der Waals surface area contributed by atoms with Gasteiger partial charge in [0.15, 0.2) is 0 Å². The Hall–Kier alpha value is -1.98. The van der Waals surface area contributed by atoms with E-state index >= 15 is 0 Å². The summed E-state index contributed by atoms with van der Waals surface area (Å²) in [7, 11) is 0. The second kappa shape index (κ2) is 2.81. The fraction of sp³-hybridized carbons (Fsp3) is 0.143.